The molecule has 0 aliphatic rings. The van der Waals surface area contributed by atoms with Crippen molar-refractivity contribution in [2.24, 2.45) is 0 Å². The summed E-state index contributed by atoms with van der Waals surface area (Å²) < 4.78 is 10.7. The SMILES string of the molecule is Cc1cc(Cl)ccc1NC(=O)COC(=O)C(C)(C)Oc1ccc(Cl)cc1. The van der Waals surface area contributed by atoms with Crippen LogP contribution in [0.15, 0.2) is 42.5 Å². The second kappa shape index (κ2) is 8.43. The van der Waals surface area contributed by atoms with Crippen LogP contribution in [0.25, 0.3) is 0 Å². The number of ether oxygens (including phenoxy) is 2. The fraction of sp³-hybridized carbons (Fsp3) is 0.263. The van der Waals surface area contributed by atoms with E-state index in [0.29, 0.717) is 21.5 Å². The van der Waals surface area contributed by atoms with E-state index in [1.54, 1.807) is 56.3 Å². The zero-order valence-electron chi connectivity index (χ0n) is 14.6. The maximum absolute atomic E-state index is 12.2. The predicted molar refractivity (Wildman–Crippen MR) is 102 cm³/mol. The van der Waals surface area contributed by atoms with Gasteiger partial charge in [0.05, 0.1) is 0 Å². The Hall–Kier alpha value is -2.24. The summed E-state index contributed by atoms with van der Waals surface area (Å²) >= 11 is 11.7. The van der Waals surface area contributed by atoms with E-state index in [-0.39, 0.29) is 0 Å². The van der Waals surface area contributed by atoms with Crippen LogP contribution in [0, 0.1) is 6.92 Å². The van der Waals surface area contributed by atoms with Gasteiger partial charge in [-0.2, -0.15) is 0 Å². The lowest BCUT2D eigenvalue weighted by atomic mass is 10.1. The third-order valence-corrected chi connectivity index (χ3v) is 3.96. The highest BCUT2D eigenvalue weighted by Crippen LogP contribution is 2.22. The molecule has 0 atom stereocenters. The summed E-state index contributed by atoms with van der Waals surface area (Å²) in [4.78, 5) is 24.2. The molecule has 0 saturated carbocycles. The highest BCUT2D eigenvalue weighted by Gasteiger charge is 2.32. The van der Waals surface area contributed by atoms with E-state index >= 15 is 0 Å². The Labute approximate surface area is 162 Å². The zero-order chi connectivity index (χ0) is 19.3. The number of hydrogen-bond acceptors (Lipinski definition) is 4. The van der Waals surface area contributed by atoms with Crippen molar-refractivity contribution in [3.63, 3.8) is 0 Å². The van der Waals surface area contributed by atoms with Gasteiger partial charge in [-0.15, -0.1) is 0 Å². The normalized spacial score (nSPS) is 11.0. The summed E-state index contributed by atoms with van der Waals surface area (Å²) in [5.41, 5.74) is 0.153. The number of aryl methyl sites for hydroxylation is 1. The molecule has 0 radical (unpaired) electrons. The van der Waals surface area contributed by atoms with E-state index in [1.807, 2.05) is 6.92 Å². The summed E-state index contributed by atoms with van der Waals surface area (Å²) in [6.07, 6.45) is 0. The molecule has 1 N–H and O–H groups in total. The Morgan fingerprint density at radius 1 is 1.04 bits per heavy atom. The summed E-state index contributed by atoms with van der Waals surface area (Å²) in [6.45, 7) is 4.52. The van der Waals surface area contributed by atoms with Gasteiger partial charge in [0.1, 0.15) is 5.75 Å². The Morgan fingerprint density at radius 3 is 2.27 bits per heavy atom. The number of esters is 1. The van der Waals surface area contributed by atoms with Gasteiger partial charge in [0.25, 0.3) is 5.91 Å². The lowest BCUT2D eigenvalue weighted by Gasteiger charge is -2.24. The Bertz CT molecular complexity index is 804. The molecule has 2 aromatic carbocycles. The molecule has 0 fully saturated rings. The third-order valence-electron chi connectivity index (χ3n) is 3.48. The molecule has 0 heterocycles. The molecular weight excluding hydrogens is 377 g/mol. The summed E-state index contributed by atoms with van der Waals surface area (Å²) in [5, 5.41) is 3.81. The summed E-state index contributed by atoms with van der Waals surface area (Å²) in [6, 6.07) is 11.7. The number of carbonyl (C=O) groups is 2. The number of benzene rings is 2. The molecule has 7 heteroatoms. The average Bonchev–Trinajstić information content (AvgIpc) is 2.57. The van der Waals surface area contributed by atoms with E-state index in [0.717, 1.165) is 5.56 Å². The first kappa shape index (κ1) is 20.1. The van der Waals surface area contributed by atoms with Gasteiger partial charge in [-0.05, 0) is 68.8 Å². The quantitative estimate of drug-likeness (QED) is 0.723. The molecule has 0 saturated heterocycles. The van der Waals surface area contributed by atoms with Gasteiger partial charge < -0.3 is 14.8 Å². The fourth-order valence-corrected chi connectivity index (χ4v) is 2.45. The van der Waals surface area contributed by atoms with Crippen LogP contribution in [-0.4, -0.2) is 24.1 Å². The summed E-state index contributed by atoms with van der Waals surface area (Å²) in [5.74, 6) is -0.640. The highest BCUT2D eigenvalue weighted by atomic mass is 35.5. The van der Waals surface area contributed by atoms with E-state index in [2.05, 4.69) is 5.32 Å². The van der Waals surface area contributed by atoms with E-state index in [9.17, 15) is 9.59 Å². The third kappa shape index (κ3) is 5.64. The van der Waals surface area contributed by atoms with Crippen LogP contribution in [0.2, 0.25) is 10.0 Å². The van der Waals surface area contributed by atoms with Gasteiger partial charge in [-0.1, -0.05) is 23.2 Å². The molecule has 0 unspecified atom stereocenters. The zero-order valence-corrected chi connectivity index (χ0v) is 16.1. The maximum atomic E-state index is 12.2. The smallest absolute Gasteiger partial charge is 0.350 e. The monoisotopic (exact) mass is 395 g/mol. The Morgan fingerprint density at radius 2 is 1.65 bits per heavy atom. The number of nitrogens with one attached hydrogen (secondary N) is 1. The average molecular weight is 396 g/mol. The first-order chi connectivity index (χ1) is 12.2. The molecule has 2 rings (SSSR count). The number of rotatable bonds is 6. The lowest BCUT2D eigenvalue weighted by Crippen LogP contribution is -2.41. The number of carbonyl (C=O) groups excluding carboxylic acids is 2. The Kier molecular flexibility index (Phi) is 6.51. The van der Waals surface area contributed by atoms with Crippen molar-refractivity contribution in [3.8, 4) is 5.75 Å². The molecule has 0 aliphatic heterocycles. The second-order valence-electron chi connectivity index (χ2n) is 6.15. The van der Waals surface area contributed by atoms with E-state index < -0.39 is 24.1 Å². The van der Waals surface area contributed by atoms with Crippen molar-refractivity contribution in [3.05, 3.63) is 58.1 Å². The lowest BCUT2D eigenvalue weighted by molar-refractivity contribution is -0.161. The van der Waals surface area contributed by atoms with Crippen LogP contribution in [0.1, 0.15) is 19.4 Å². The number of halogens is 2. The van der Waals surface area contributed by atoms with Crippen molar-refractivity contribution < 1.29 is 19.1 Å². The first-order valence-corrected chi connectivity index (χ1v) is 8.61. The van der Waals surface area contributed by atoms with E-state index in [1.165, 1.54) is 0 Å². The van der Waals surface area contributed by atoms with Crippen molar-refractivity contribution in [1.29, 1.82) is 0 Å². The van der Waals surface area contributed by atoms with E-state index in [4.69, 9.17) is 32.7 Å². The number of anilines is 1. The Balaban J connectivity index is 1.89. The van der Waals surface area contributed by atoms with Crippen LogP contribution in [0.3, 0.4) is 0 Å². The molecule has 138 valence electrons. The minimum Gasteiger partial charge on any atom is -0.476 e. The first-order valence-electron chi connectivity index (χ1n) is 7.85. The predicted octanol–water partition coefficient (Wildman–Crippen LogP) is 4.64. The fourth-order valence-electron chi connectivity index (χ4n) is 2.10. The van der Waals surface area contributed by atoms with Gasteiger partial charge in [0.15, 0.2) is 12.2 Å². The van der Waals surface area contributed by atoms with Crippen molar-refractivity contribution in [2.75, 3.05) is 11.9 Å². The second-order valence-corrected chi connectivity index (χ2v) is 7.02. The molecule has 0 aliphatic carbocycles. The van der Waals surface area contributed by atoms with Gasteiger partial charge in [-0.3, -0.25) is 4.79 Å². The van der Waals surface area contributed by atoms with Crippen LogP contribution >= 0.6 is 23.2 Å². The molecule has 0 bridgehead atoms. The van der Waals surface area contributed by atoms with Crippen molar-refractivity contribution in [2.45, 2.75) is 26.4 Å². The minimum atomic E-state index is -1.26. The molecule has 0 aromatic heterocycles. The molecule has 5 nitrogen and oxygen atoms in total. The van der Waals surface area contributed by atoms with Crippen LogP contribution in [0.4, 0.5) is 5.69 Å². The summed E-state index contributed by atoms with van der Waals surface area (Å²) in [7, 11) is 0. The molecule has 26 heavy (non-hydrogen) atoms. The van der Waals surface area contributed by atoms with Gasteiger partial charge in [0.2, 0.25) is 0 Å². The van der Waals surface area contributed by atoms with Crippen LogP contribution in [0.5, 0.6) is 5.75 Å². The molecule has 0 spiro atoms. The molecule has 2 aromatic rings. The maximum Gasteiger partial charge on any atom is 0.350 e. The van der Waals surface area contributed by atoms with Crippen molar-refractivity contribution in [1.82, 2.24) is 0 Å². The van der Waals surface area contributed by atoms with Gasteiger partial charge in [-0.25, -0.2) is 4.79 Å². The topological polar surface area (TPSA) is 64.6 Å². The highest BCUT2D eigenvalue weighted by molar-refractivity contribution is 6.31. The van der Waals surface area contributed by atoms with Crippen LogP contribution < -0.4 is 10.1 Å². The molecular formula is C19H19Cl2NO4. The van der Waals surface area contributed by atoms with Crippen molar-refractivity contribution >= 4 is 40.8 Å². The van der Waals surface area contributed by atoms with Gasteiger partial charge in [0, 0.05) is 15.7 Å². The number of hydrogen-bond donors (Lipinski definition) is 1. The van der Waals surface area contributed by atoms with Crippen LogP contribution in [-0.2, 0) is 14.3 Å². The van der Waals surface area contributed by atoms with Gasteiger partial charge >= 0.3 is 5.97 Å². The largest absolute Gasteiger partial charge is 0.476 e. The standard InChI is InChI=1S/C19H19Cl2NO4/c1-12-10-14(21)6-9-16(12)22-17(23)11-25-18(24)19(2,3)26-15-7-4-13(20)5-8-15/h4-10H,11H2,1-3H3,(H,22,23). The molecule has 1 amide bonds. The number of amides is 1. The minimum absolute atomic E-state index is 0.422.